The minimum atomic E-state index is -0.381. The van der Waals surface area contributed by atoms with Crippen LogP contribution in [0.1, 0.15) is 25.8 Å². The molecule has 2 heterocycles. The zero-order valence-electron chi connectivity index (χ0n) is 10.5. The molecule has 0 saturated carbocycles. The van der Waals surface area contributed by atoms with E-state index in [0.29, 0.717) is 5.92 Å². The lowest BCUT2D eigenvalue weighted by Gasteiger charge is -2.26. The van der Waals surface area contributed by atoms with Crippen molar-refractivity contribution < 1.29 is 4.79 Å². The Labute approximate surface area is 106 Å². The minimum absolute atomic E-state index is 0.0780. The lowest BCUT2D eigenvalue weighted by Crippen LogP contribution is -2.45. The van der Waals surface area contributed by atoms with Gasteiger partial charge in [0.2, 0.25) is 5.91 Å². The molecule has 5 heteroatoms. The maximum Gasteiger partial charge on any atom is 0.225 e. The number of nitrogens with one attached hydrogen (secondary N) is 2. The SMILES string of the molecule is C[C@@H]1CNC[C@H]1C(=O)NC(C)(C)c1nccs1. The van der Waals surface area contributed by atoms with Crippen LogP contribution >= 0.6 is 11.3 Å². The van der Waals surface area contributed by atoms with Crippen molar-refractivity contribution in [2.75, 3.05) is 13.1 Å². The van der Waals surface area contributed by atoms with Crippen LogP contribution < -0.4 is 10.6 Å². The van der Waals surface area contributed by atoms with E-state index in [1.54, 1.807) is 17.5 Å². The average molecular weight is 253 g/mol. The van der Waals surface area contributed by atoms with Crippen LogP contribution in [0.15, 0.2) is 11.6 Å². The third-order valence-electron chi connectivity index (χ3n) is 3.26. The highest BCUT2D eigenvalue weighted by atomic mass is 32.1. The topological polar surface area (TPSA) is 54.0 Å². The molecule has 0 spiro atoms. The van der Waals surface area contributed by atoms with Gasteiger partial charge in [0, 0.05) is 18.1 Å². The molecule has 0 aliphatic carbocycles. The Hall–Kier alpha value is -0.940. The summed E-state index contributed by atoms with van der Waals surface area (Å²) in [6.45, 7) is 7.81. The molecule has 0 radical (unpaired) electrons. The maximum absolute atomic E-state index is 12.2. The molecule has 1 aliphatic rings. The van der Waals surface area contributed by atoms with Gasteiger partial charge in [0.25, 0.3) is 0 Å². The van der Waals surface area contributed by atoms with Crippen LogP contribution in [0.3, 0.4) is 0 Å². The Morgan fingerprint density at radius 2 is 2.35 bits per heavy atom. The zero-order valence-corrected chi connectivity index (χ0v) is 11.3. The van der Waals surface area contributed by atoms with Gasteiger partial charge in [0.15, 0.2) is 0 Å². The first-order chi connectivity index (χ1) is 8.00. The molecule has 0 bridgehead atoms. The van der Waals surface area contributed by atoms with Gasteiger partial charge in [-0.05, 0) is 26.3 Å². The summed E-state index contributed by atoms with van der Waals surface area (Å²) in [5.74, 6) is 0.610. The number of nitrogens with zero attached hydrogens (tertiary/aromatic N) is 1. The summed E-state index contributed by atoms with van der Waals surface area (Å²) in [4.78, 5) is 16.5. The number of carbonyl (C=O) groups excluding carboxylic acids is 1. The standard InChI is InChI=1S/C12H19N3OS/c1-8-6-13-7-9(8)10(16)15-12(2,3)11-14-4-5-17-11/h4-5,8-9,13H,6-7H2,1-3H3,(H,15,16)/t8-,9-/m1/s1. The summed E-state index contributed by atoms with van der Waals surface area (Å²) in [6, 6.07) is 0. The summed E-state index contributed by atoms with van der Waals surface area (Å²) in [7, 11) is 0. The molecule has 1 fully saturated rings. The van der Waals surface area contributed by atoms with Crippen molar-refractivity contribution >= 4 is 17.2 Å². The third-order valence-corrected chi connectivity index (χ3v) is 4.35. The minimum Gasteiger partial charge on any atom is -0.344 e. The second kappa shape index (κ2) is 4.74. The van der Waals surface area contributed by atoms with E-state index in [-0.39, 0.29) is 17.4 Å². The Kier molecular flexibility index (Phi) is 3.49. The summed E-state index contributed by atoms with van der Waals surface area (Å²) in [5, 5.41) is 9.23. The Morgan fingerprint density at radius 3 is 2.88 bits per heavy atom. The summed E-state index contributed by atoms with van der Waals surface area (Å²) < 4.78 is 0. The molecule has 1 aromatic rings. The Morgan fingerprint density at radius 1 is 1.59 bits per heavy atom. The van der Waals surface area contributed by atoms with Gasteiger partial charge in [-0.15, -0.1) is 11.3 Å². The second-order valence-corrected chi connectivity index (χ2v) is 6.09. The van der Waals surface area contributed by atoms with Crippen LogP contribution in [0.2, 0.25) is 0 Å². The number of carbonyl (C=O) groups is 1. The number of rotatable bonds is 3. The predicted molar refractivity (Wildman–Crippen MR) is 68.8 cm³/mol. The molecule has 2 atom stereocenters. The number of hydrogen-bond donors (Lipinski definition) is 2. The van der Waals surface area contributed by atoms with Gasteiger partial charge in [0.05, 0.1) is 11.5 Å². The van der Waals surface area contributed by atoms with Gasteiger partial charge in [-0.2, -0.15) is 0 Å². The molecule has 2 N–H and O–H groups in total. The van der Waals surface area contributed by atoms with Crippen molar-refractivity contribution in [2.24, 2.45) is 11.8 Å². The molecule has 1 saturated heterocycles. The van der Waals surface area contributed by atoms with Crippen molar-refractivity contribution in [2.45, 2.75) is 26.3 Å². The highest BCUT2D eigenvalue weighted by Gasteiger charge is 2.34. The van der Waals surface area contributed by atoms with Gasteiger partial charge in [-0.3, -0.25) is 4.79 Å². The first kappa shape index (κ1) is 12.5. The molecule has 17 heavy (non-hydrogen) atoms. The van der Waals surface area contributed by atoms with Crippen molar-refractivity contribution in [3.63, 3.8) is 0 Å². The molecule has 1 aromatic heterocycles. The van der Waals surface area contributed by atoms with Crippen molar-refractivity contribution in [3.05, 3.63) is 16.6 Å². The molecule has 4 nitrogen and oxygen atoms in total. The van der Waals surface area contributed by atoms with Gasteiger partial charge in [-0.25, -0.2) is 4.98 Å². The summed E-state index contributed by atoms with van der Waals surface area (Å²) in [6.07, 6.45) is 1.77. The summed E-state index contributed by atoms with van der Waals surface area (Å²) in [5.41, 5.74) is -0.381. The first-order valence-corrected chi connectivity index (χ1v) is 6.81. The fourth-order valence-corrected chi connectivity index (χ4v) is 2.87. The van der Waals surface area contributed by atoms with E-state index < -0.39 is 0 Å². The number of aromatic nitrogens is 1. The van der Waals surface area contributed by atoms with E-state index >= 15 is 0 Å². The predicted octanol–water partition coefficient (Wildman–Crippen LogP) is 1.35. The van der Waals surface area contributed by atoms with Gasteiger partial charge in [-0.1, -0.05) is 6.92 Å². The van der Waals surface area contributed by atoms with Crippen molar-refractivity contribution in [3.8, 4) is 0 Å². The van der Waals surface area contributed by atoms with Gasteiger partial charge >= 0.3 is 0 Å². The van der Waals surface area contributed by atoms with Gasteiger partial charge in [0.1, 0.15) is 5.01 Å². The van der Waals surface area contributed by atoms with Crippen molar-refractivity contribution in [1.29, 1.82) is 0 Å². The Balaban J connectivity index is 2.03. The van der Waals surface area contributed by atoms with E-state index in [1.165, 1.54) is 0 Å². The first-order valence-electron chi connectivity index (χ1n) is 5.93. The second-order valence-electron chi connectivity index (χ2n) is 5.19. The molecule has 1 amide bonds. The number of hydrogen-bond acceptors (Lipinski definition) is 4. The number of thiazole rings is 1. The monoisotopic (exact) mass is 253 g/mol. The quantitative estimate of drug-likeness (QED) is 0.855. The molecule has 0 aromatic carbocycles. The van der Waals surface area contributed by atoms with Crippen LogP contribution in [0.4, 0.5) is 0 Å². The van der Waals surface area contributed by atoms with Crippen LogP contribution in [0.5, 0.6) is 0 Å². The van der Waals surface area contributed by atoms with Crippen LogP contribution in [-0.4, -0.2) is 24.0 Å². The largest absolute Gasteiger partial charge is 0.344 e. The fraction of sp³-hybridized carbons (Fsp3) is 0.667. The van der Waals surface area contributed by atoms with E-state index in [0.717, 1.165) is 18.1 Å². The third kappa shape index (κ3) is 2.66. The Bertz CT molecular complexity index is 388. The summed E-state index contributed by atoms with van der Waals surface area (Å²) >= 11 is 1.57. The van der Waals surface area contributed by atoms with Crippen LogP contribution in [0, 0.1) is 11.8 Å². The van der Waals surface area contributed by atoms with Crippen molar-refractivity contribution in [1.82, 2.24) is 15.6 Å². The fourth-order valence-electron chi connectivity index (χ4n) is 2.15. The van der Waals surface area contributed by atoms with E-state index in [2.05, 4.69) is 22.5 Å². The van der Waals surface area contributed by atoms with E-state index in [9.17, 15) is 4.79 Å². The van der Waals surface area contributed by atoms with E-state index in [1.807, 2.05) is 19.2 Å². The lowest BCUT2D eigenvalue weighted by molar-refractivity contribution is -0.127. The highest BCUT2D eigenvalue weighted by Crippen LogP contribution is 2.24. The zero-order chi connectivity index (χ0) is 12.5. The number of amides is 1. The smallest absolute Gasteiger partial charge is 0.225 e. The normalized spacial score (nSPS) is 24.9. The molecule has 0 unspecified atom stereocenters. The highest BCUT2D eigenvalue weighted by molar-refractivity contribution is 7.09. The molecule has 2 rings (SSSR count). The van der Waals surface area contributed by atoms with Crippen LogP contribution in [0.25, 0.3) is 0 Å². The molecular weight excluding hydrogens is 234 g/mol. The molecule has 94 valence electrons. The van der Waals surface area contributed by atoms with Gasteiger partial charge < -0.3 is 10.6 Å². The van der Waals surface area contributed by atoms with E-state index in [4.69, 9.17) is 0 Å². The average Bonchev–Trinajstić information content (AvgIpc) is 2.85. The lowest BCUT2D eigenvalue weighted by atomic mass is 9.95. The molecular formula is C12H19N3OS. The molecule has 1 aliphatic heterocycles. The van der Waals surface area contributed by atoms with Crippen LogP contribution in [-0.2, 0) is 10.3 Å². The maximum atomic E-state index is 12.2.